The molecule has 0 radical (unpaired) electrons. The number of esters is 1. The van der Waals surface area contributed by atoms with Gasteiger partial charge in [0.15, 0.2) is 6.61 Å². The van der Waals surface area contributed by atoms with Gasteiger partial charge in [-0.05, 0) is 30.7 Å². The van der Waals surface area contributed by atoms with Crippen LogP contribution in [-0.2, 0) is 20.7 Å². The number of carbonyl (C=O) groups is 2. The Hall–Kier alpha value is -2.41. The smallest absolute Gasteiger partial charge is 0.306 e. The second-order valence-electron chi connectivity index (χ2n) is 5.03. The number of halogens is 1. The highest BCUT2D eigenvalue weighted by atomic mass is 35.5. The van der Waals surface area contributed by atoms with Crippen LogP contribution in [0.4, 0.5) is 0 Å². The van der Waals surface area contributed by atoms with Crippen LogP contribution in [0.15, 0.2) is 28.8 Å². The highest BCUT2D eigenvalue weighted by molar-refractivity contribution is 6.30. The van der Waals surface area contributed by atoms with E-state index in [9.17, 15) is 9.59 Å². The number of carbonyl (C=O) groups excluding carboxylic acids is 2. The Kier molecular flexibility index (Phi) is 6.74. The Morgan fingerprint density at radius 3 is 2.75 bits per heavy atom. The molecule has 1 aromatic heterocycles. The summed E-state index contributed by atoms with van der Waals surface area (Å²) in [5.74, 6) is -0.0535. The Balaban J connectivity index is 1.77. The van der Waals surface area contributed by atoms with Crippen LogP contribution in [0, 0.1) is 0 Å². The van der Waals surface area contributed by atoms with Gasteiger partial charge >= 0.3 is 5.97 Å². The molecule has 1 heterocycles. The molecule has 0 saturated carbocycles. The minimum absolute atomic E-state index is 0.0588. The lowest BCUT2D eigenvalue weighted by molar-refractivity contribution is -0.148. The summed E-state index contributed by atoms with van der Waals surface area (Å²) in [4.78, 5) is 27.1. The van der Waals surface area contributed by atoms with E-state index in [1.807, 2.05) is 6.92 Å². The predicted octanol–water partition coefficient (Wildman–Crippen LogP) is 2.39. The molecular weight excluding hydrogens is 334 g/mol. The Labute approximate surface area is 144 Å². The Morgan fingerprint density at radius 2 is 2.04 bits per heavy atom. The van der Waals surface area contributed by atoms with Gasteiger partial charge in [-0.1, -0.05) is 23.7 Å². The number of ether oxygens (including phenoxy) is 1. The van der Waals surface area contributed by atoms with Gasteiger partial charge in [0.1, 0.15) is 0 Å². The summed E-state index contributed by atoms with van der Waals surface area (Å²) in [6.07, 6.45) is 1.13. The quantitative estimate of drug-likeness (QED) is 0.734. The van der Waals surface area contributed by atoms with E-state index in [0.29, 0.717) is 23.3 Å². The molecule has 8 heteroatoms. The first-order valence-electron chi connectivity index (χ1n) is 7.59. The molecule has 2 aromatic rings. The third kappa shape index (κ3) is 5.66. The van der Waals surface area contributed by atoms with Gasteiger partial charge < -0.3 is 14.6 Å². The van der Waals surface area contributed by atoms with E-state index >= 15 is 0 Å². The van der Waals surface area contributed by atoms with E-state index < -0.39 is 5.97 Å². The predicted molar refractivity (Wildman–Crippen MR) is 87.3 cm³/mol. The van der Waals surface area contributed by atoms with Gasteiger partial charge in [-0.15, -0.1) is 0 Å². The maximum absolute atomic E-state index is 11.6. The van der Waals surface area contributed by atoms with Crippen LogP contribution >= 0.6 is 11.6 Å². The molecule has 2 rings (SSSR count). The standard InChI is InChI=1S/C16H18ClN3O4/c1-2-9-18-13(21)10-23-15(22)8-7-14-19-16(20-24-14)11-3-5-12(17)6-4-11/h3-6H,2,7-10H2,1H3,(H,18,21). The summed E-state index contributed by atoms with van der Waals surface area (Å²) < 4.78 is 9.97. The molecule has 0 spiro atoms. The number of hydrogen-bond acceptors (Lipinski definition) is 6. The van der Waals surface area contributed by atoms with Crippen molar-refractivity contribution in [1.29, 1.82) is 0 Å². The summed E-state index contributed by atoms with van der Waals surface area (Å²) in [6, 6.07) is 7.02. The van der Waals surface area contributed by atoms with Gasteiger partial charge in [0.2, 0.25) is 11.7 Å². The van der Waals surface area contributed by atoms with E-state index in [-0.39, 0.29) is 25.4 Å². The van der Waals surface area contributed by atoms with Gasteiger partial charge in [0, 0.05) is 23.6 Å². The third-order valence-corrected chi connectivity index (χ3v) is 3.30. The second-order valence-corrected chi connectivity index (χ2v) is 5.47. The maximum Gasteiger partial charge on any atom is 0.306 e. The number of aromatic nitrogens is 2. The molecule has 128 valence electrons. The summed E-state index contributed by atoms with van der Waals surface area (Å²) in [5, 5.41) is 7.10. The summed E-state index contributed by atoms with van der Waals surface area (Å²) >= 11 is 5.82. The highest BCUT2D eigenvalue weighted by Crippen LogP contribution is 2.18. The Morgan fingerprint density at radius 1 is 1.29 bits per heavy atom. The van der Waals surface area contributed by atoms with Crippen molar-refractivity contribution in [2.24, 2.45) is 0 Å². The molecule has 1 N–H and O–H groups in total. The molecule has 0 aliphatic carbocycles. The first-order valence-corrected chi connectivity index (χ1v) is 7.97. The fraction of sp³-hybridized carbons (Fsp3) is 0.375. The minimum atomic E-state index is -0.493. The van der Waals surface area contributed by atoms with Crippen molar-refractivity contribution < 1.29 is 18.8 Å². The summed E-state index contributed by atoms with van der Waals surface area (Å²) in [5.41, 5.74) is 0.768. The first-order chi connectivity index (χ1) is 11.6. The molecule has 0 atom stereocenters. The number of hydrogen-bond donors (Lipinski definition) is 1. The topological polar surface area (TPSA) is 94.3 Å². The van der Waals surface area contributed by atoms with Crippen molar-refractivity contribution in [3.63, 3.8) is 0 Å². The van der Waals surface area contributed by atoms with Crippen molar-refractivity contribution >= 4 is 23.5 Å². The number of nitrogens with one attached hydrogen (secondary N) is 1. The van der Waals surface area contributed by atoms with Crippen molar-refractivity contribution in [2.45, 2.75) is 26.2 Å². The van der Waals surface area contributed by atoms with Crippen molar-refractivity contribution in [3.05, 3.63) is 35.2 Å². The third-order valence-electron chi connectivity index (χ3n) is 3.05. The zero-order valence-electron chi connectivity index (χ0n) is 13.3. The van der Waals surface area contributed by atoms with E-state index in [2.05, 4.69) is 15.5 Å². The average molecular weight is 352 g/mol. The first kappa shape index (κ1) is 17.9. The maximum atomic E-state index is 11.6. The molecule has 0 unspecified atom stereocenters. The van der Waals surface area contributed by atoms with Crippen LogP contribution in [0.25, 0.3) is 11.4 Å². The molecular formula is C16H18ClN3O4. The molecule has 0 aliphatic heterocycles. The fourth-order valence-corrected chi connectivity index (χ4v) is 1.94. The van der Waals surface area contributed by atoms with E-state index in [4.69, 9.17) is 20.9 Å². The molecule has 0 fully saturated rings. The number of nitrogens with zero attached hydrogens (tertiary/aromatic N) is 2. The number of aryl methyl sites for hydroxylation is 1. The van der Waals surface area contributed by atoms with E-state index in [1.54, 1.807) is 24.3 Å². The van der Waals surface area contributed by atoms with Crippen molar-refractivity contribution in [2.75, 3.05) is 13.2 Å². The van der Waals surface area contributed by atoms with E-state index in [1.165, 1.54) is 0 Å². The normalized spacial score (nSPS) is 10.4. The van der Waals surface area contributed by atoms with Gasteiger partial charge in [-0.25, -0.2) is 0 Å². The summed E-state index contributed by atoms with van der Waals surface area (Å²) in [7, 11) is 0. The monoisotopic (exact) mass is 351 g/mol. The number of rotatable bonds is 8. The lowest BCUT2D eigenvalue weighted by atomic mass is 10.2. The molecule has 1 aromatic carbocycles. The van der Waals surface area contributed by atoms with Crippen LogP contribution in [0.2, 0.25) is 5.02 Å². The number of benzene rings is 1. The van der Waals surface area contributed by atoms with Gasteiger partial charge in [-0.2, -0.15) is 4.98 Å². The largest absolute Gasteiger partial charge is 0.456 e. The molecule has 0 bridgehead atoms. The lowest BCUT2D eigenvalue weighted by Gasteiger charge is -2.04. The van der Waals surface area contributed by atoms with Crippen LogP contribution in [-0.4, -0.2) is 35.2 Å². The summed E-state index contributed by atoms with van der Waals surface area (Å²) in [6.45, 7) is 2.22. The molecule has 7 nitrogen and oxygen atoms in total. The van der Waals surface area contributed by atoms with Gasteiger partial charge in [0.05, 0.1) is 6.42 Å². The molecule has 24 heavy (non-hydrogen) atoms. The van der Waals surface area contributed by atoms with Crippen LogP contribution in [0.5, 0.6) is 0 Å². The fourth-order valence-electron chi connectivity index (χ4n) is 1.82. The van der Waals surface area contributed by atoms with Crippen LogP contribution in [0.1, 0.15) is 25.7 Å². The lowest BCUT2D eigenvalue weighted by Crippen LogP contribution is -2.29. The Bertz CT molecular complexity index is 685. The SMILES string of the molecule is CCCNC(=O)COC(=O)CCc1nc(-c2ccc(Cl)cc2)no1. The zero-order chi connectivity index (χ0) is 17.4. The van der Waals surface area contributed by atoms with Gasteiger partial charge in [0.25, 0.3) is 5.91 Å². The van der Waals surface area contributed by atoms with E-state index in [0.717, 1.165) is 12.0 Å². The minimum Gasteiger partial charge on any atom is -0.456 e. The van der Waals surface area contributed by atoms with Crippen molar-refractivity contribution in [1.82, 2.24) is 15.5 Å². The second kappa shape index (κ2) is 9.02. The zero-order valence-corrected chi connectivity index (χ0v) is 14.0. The molecule has 0 aliphatic rings. The highest BCUT2D eigenvalue weighted by Gasteiger charge is 2.12. The molecule has 1 amide bonds. The van der Waals surface area contributed by atoms with Crippen molar-refractivity contribution in [3.8, 4) is 11.4 Å². The average Bonchev–Trinajstić information content (AvgIpc) is 3.06. The number of amides is 1. The van der Waals surface area contributed by atoms with Crippen LogP contribution in [0.3, 0.4) is 0 Å². The van der Waals surface area contributed by atoms with Gasteiger partial charge in [-0.3, -0.25) is 9.59 Å². The van der Waals surface area contributed by atoms with Crippen LogP contribution < -0.4 is 5.32 Å². The molecule has 0 saturated heterocycles.